The van der Waals surface area contributed by atoms with Gasteiger partial charge in [0.05, 0.1) is 5.69 Å². The predicted octanol–water partition coefficient (Wildman–Crippen LogP) is 3.23. The Morgan fingerprint density at radius 3 is 2.57 bits per heavy atom. The molecule has 1 fully saturated rings. The first-order valence-electron chi connectivity index (χ1n) is 9.27. The molecule has 0 N–H and O–H groups in total. The van der Waals surface area contributed by atoms with Crippen molar-refractivity contribution in [1.29, 1.82) is 0 Å². The monoisotopic (exact) mass is 372 g/mol. The van der Waals surface area contributed by atoms with Crippen molar-refractivity contribution in [3.63, 3.8) is 0 Å². The van der Waals surface area contributed by atoms with E-state index in [1.54, 1.807) is 6.07 Å². The number of allylic oxidation sites excluding steroid dienone is 1. The molecule has 1 unspecified atom stereocenters. The largest absolute Gasteiger partial charge is 0.350 e. The summed E-state index contributed by atoms with van der Waals surface area (Å²) in [6.07, 6.45) is 3.80. The Hall–Kier alpha value is -3.53. The summed E-state index contributed by atoms with van der Waals surface area (Å²) in [5.74, 6) is 7.85. The lowest BCUT2D eigenvalue weighted by molar-refractivity contribution is 0.387. The lowest BCUT2D eigenvalue weighted by Crippen LogP contribution is -2.48. The summed E-state index contributed by atoms with van der Waals surface area (Å²) < 4.78 is 0. The van der Waals surface area contributed by atoms with E-state index in [9.17, 15) is 4.91 Å². The van der Waals surface area contributed by atoms with Crippen molar-refractivity contribution in [3.8, 4) is 23.1 Å². The van der Waals surface area contributed by atoms with Gasteiger partial charge in [0.25, 0.3) is 0 Å². The van der Waals surface area contributed by atoms with Crippen LogP contribution in [0.2, 0.25) is 0 Å². The van der Waals surface area contributed by atoms with Gasteiger partial charge >= 0.3 is 0 Å². The maximum Gasteiger partial charge on any atom is 0.181 e. The van der Waals surface area contributed by atoms with Crippen molar-refractivity contribution in [2.24, 2.45) is 16.1 Å². The van der Waals surface area contributed by atoms with Crippen LogP contribution in [0.25, 0.3) is 11.3 Å². The molecule has 3 heterocycles. The fraction of sp³-hybridized carbons (Fsp3) is 0.286. The van der Waals surface area contributed by atoms with Gasteiger partial charge in [-0.1, -0.05) is 42.3 Å². The van der Waals surface area contributed by atoms with E-state index in [0.29, 0.717) is 30.3 Å². The van der Waals surface area contributed by atoms with Crippen molar-refractivity contribution >= 4 is 17.3 Å². The number of piperazine rings is 1. The van der Waals surface area contributed by atoms with Gasteiger partial charge in [-0.2, -0.15) is 0 Å². The lowest BCUT2D eigenvalue weighted by Gasteiger charge is -2.35. The Morgan fingerprint density at radius 1 is 1.07 bits per heavy atom. The van der Waals surface area contributed by atoms with E-state index in [1.807, 2.05) is 54.4 Å². The second kappa shape index (κ2) is 8.01. The standard InChI is InChI=1S/C21H20N6O/c1-16-7-8-20(22-10-9-16)26-11-13-27(14-12-26)21-19(25-28)15-18(23-24-21)17-5-3-2-4-6-17/h2-6,9-10,15-16H,11-14H2,1H3. The topological polar surface area (TPSA) is 74.1 Å². The molecule has 140 valence electrons. The number of nitroso groups, excluding NO2 is 1. The fourth-order valence-electron chi connectivity index (χ4n) is 3.21. The number of aliphatic imine (C=N–C) groups is 1. The minimum Gasteiger partial charge on any atom is -0.350 e. The van der Waals surface area contributed by atoms with Crippen LogP contribution >= 0.6 is 0 Å². The zero-order valence-corrected chi connectivity index (χ0v) is 15.6. The molecule has 2 aliphatic heterocycles. The quantitative estimate of drug-likeness (QED) is 0.611. The van der Waals surface area contributed by atoms with Gasteiger partial charge < -0.3 is 9.80 Å². The van der Waals surface area contributed by atoms with Crippen molar-refractivity contribution < 1.29 is 0 Å². The third-order valence-electron chi connectivity index (χ3n) is 4.78. The van der Waals surface area contributed by atoms with E-state index >= 15 is 0 Å². The second-order valence-corrected chi connectivity index (χ2v) is 6.72. The number of benzene rings is 1. The molecule has 7 heteroatoms. The molecule has 0 radical (unpaired) electrons. The Balaban J connectivity index is 1.49. The first-order chi connectivity index (χ1) is 13.7. The summed E-state index contributed by atoms with van der Waals surface area (Å²) in [7, 11) is 0. The molecule has 28 heavy (non-hydrogen) atoms. The molecule has 2 aliphatic rings. The first-order valence-corrected chi connectivity index (χ1v) is 9.27. The summed E-state index contributed by atoms with van der Waals surface area (Å²) in [5, 5.41) is 11.8. The molecule has 1 aromatic heterocycles. The number of hydrogen-bond acceptors (Lipinski definition) is 7. The molecule has 0 bridgehead atoms. The summed E-state index contributed by atoms with van der Waals surface area (Å²) in [6, 6.07) is 11.3. The van der Waals surface area contributed by atoms with Crippen LogP contribution in [-0.4, -0.2) is 47.1 Å². The third-order valence-corrected chi connectivity index (χ3v) is 4.78. The van der Waals surface area contributed by atoms with Crippen LogP contribution in [0.15, 0.2) is 58.8 Å². The van der Waals surface area contributed by atoms with Gasteiger partial charge in [0.2, 0.25) is 0 Å². The zero-order valence-electron chi connectivity index (χ0n) is 15.6. The van der Waals surface area contributed by atoms with E-state index in [-0.39, 0.29) is 5.92 Å². The molecule has 4 rings (SSSR count). The van der Waals surface area contributed by atoms with Crippen molar-refractivity contribution in [2.45, 2.75) is 6.92 Å². The maximum absolute atomic E-state index is 11.4. The molecule has 1 aromatic carbocycles. The third kappa shape index (κ3) is 3.76. The highest BCUT2D eigenvalue weighted by Gasteiger charge is 2.23. The van der Waals surface area contributed by atoms with Crippen LogP contribution in [-0.2, 0) is 0 Å². The fourth-order valence-corrected chi connectivity index (χ4v) is 3.21. The Labute approximate surface area is 163 Å². The highest BCUT2D eigenvalue weighted by atomic mass is 16.3. The molecule has 2 aromatic rings. The van der Waals surface area contributed by atoms with Crippen LogP contribution in [0.5, 0.6) is 0 Å². The maximum atomic E-state index is 11.4. The van der Waals surface area contributed by atoms with Crippen LogP contribution < -0.4 is 4.90 Å². The van der Waals surface area contributed by atoms with E-state index < -0.39 is 0 Å². The molecule has 0 aliphatic carbocycles. The van der Waals surface area contributed by atoms with Gasteiger partial charge in [-0.15, -0.1) is 15.1 Å². The van der Waals surface area contributed by atoms with Gasteiger partial charge in [-0.05, 0) is 24.1 Å². The number of rotatable bonds is 3. The van der Waals surface area contributed by atoms with Gasteiger partial charge in [-0.25, -0.2) is 4.99 Å². The van der Waals surface area contributed by atoms with E-state index in [0.717, 1.165) is 24.5 Å². The molecule has 0 saturated carbocycles. The van der Waals surface area contributed by atoms with Crippen LogP contribution in [0.4, 0.5) is 11.5 Å². The minimum absolute atomic E-state index is 0.210. The number of anilines is 1. The van der Waals surface area contributed by atoms with Crippen LogP contribution in [0, 0.1) is 22.7 Å². The number of aromatic nitrogens is 2. The average Bonchev–Trinajstić information content (AvgIpc) is 2.98. The number of hydrogen-bond donors (Lipinski definition) is 0. The molecule has 1 saturated heterocycles. The average molecular weight is 372 g/mol. The predicted molar refractivity (Wildman–Crippen MR) is 110 cm³/mol. The van der Waals surface area contributed by atoms with Gasteiger partial charge in [0, 0.05) is 43.9 Å². The number of nitrogens with zero attached hydrogens (tertiary/aromatic N) is 6. The zero-order chi connectivity index (χ0) is 19.3. The second-order valence-electron chi connectivity index (χ2n) is 6.72. The Bertz CT molecular complexity index is 981. The van der Waals surface area contributed by atoms with E-state index in [4.69, 9.17) is 0 Å². The normalized spacial score (nSPS) is 18.8. The summed E-state index contributed by atoms with van der Waals surface area (Å²) in [5.41, 5.74) is 1.86. The Kier molecular flexibility index (Phi) is 5.11. The van der Waals surface area contributed by atoms with Gasteiger partial charge in [0.15, 0.2) is 17.3 Å². The van der Waals surface area contributed by atoms with Gasteiger partial charge in [-0.3, -0.25) is 0 Å². The highest BCUT2D eigenvalue weighted by molar-refractivity contribution is 5.99. The molecule has 0 spiro atoms. The van der Waals surface area contributed by atoms with Crippen LogP contribution in [0.3, 0.4) is 0 Å². The smallest absolute Gasteiger partial charge is 0.181 e. The SMILES string of the molecule is CC1C#CC(N2CCN(c3nnc(-c4ccccc4)cc3N=O)CC2)=NC=C1. The summed E-state index contributed by atoms with van der Waals surface area (Å²) >= 11 is 0. The Morgan fingerprint density at radius 2 is 1.82 bits per heavy atom. The molecule has 1 atom stereocenters. The van der Waals surface area contributed by atoms with Crippen molar-refractivity contribution in [2.75, 3.05) is 31.1 Å². The molecule has 0 amide bonds. The molecular formula is C21H20N6O. The number of amidine groups is 1. The minimum atomic E-state index is 0.210. The molecule has 7 nitrogen and oxygen atoms in total. The van der Waals surface area contributed by atoms with E-state index in [1.165, 1.54) is 0 Å². The highest BCUT2D eigenvalue weighted by Crippen LogP contribution is 2.30. The van der Waals surface area contributed by atoms with Crippen molar-refractivity contribution in [3.05, 3.63) is 53.6 Å². The van der Waals surface area contributed by atoms with Gasteiger partial charge in [0.1, 0.15) is 0 Å². The van der Waals surface area contributed by atoms with Crippen molar-refractivity contribution in [1.82, 2.24) is 15.1 Å². The molecular weight excluding hydrogens is 352 g/mol. The summed E-state index contributed by atoms with van der Waals surface area (Å²) in [6.45, 7) is 4.93. The van der Waals surface area contributed by atoms with E-state index in [2.05, 4.69) is 37.1 Å². The first kappa shape index (κ1) is 17.9. The van der Waals surface area contributed by atoms with Crippen LogP contribution in [0.1, 0.15) is 6.92 Å². The lowest BCUT2D eigenvalue weighted by atomic mass is 10.1. The summed E-state index contributed by atoms with van der Waals surface area (Å²) in [4.78, 5) is 20.1.